The van der Waals surface area contributed by atoms with E-state index in [1.807, 2.05) is 5.32 Å². The average Bonchev–Trinajstić information content (AvgIpc) is 3.99. The third kappa shape index (κ3) is 17.9. The molecule has 0 saturated carbocycles. The van der Waals surface area contributed by atoms with Gasteiger partial charge in [0, 0.05) is 13.0 Å². The summed E-state index contributed by atoms with van der Waals surface area (Å²) in [7, 11) is 0. The number of hydrogen-bond donors (Lipinski definition) is 13. The van der Waals surface area contributed by atoms with Gasteiger partial charge in [-0.25, -0.2) is 4.79 Å². The van der Waals surface area contributed by atoms with Crippen molar-refractivity contribution in [3.8, 4) is 0 Å². The number of nitrogens with zero attached hydrogens (tertiary/aromatic N) is 1. The Bertz CT molecular complexity index is 1820. The molecule has 2 rings (SSSR count). The Morgan fingerprint density at radius 3 is 1.71 bits per heavy atom. The van der Waals surface area contributed by atoms with Gasteiger partial charge < -0.3 is 73.0 Å². The summed E-state index contributed by atoms with van der Waals surface area (Å²) in [6.45, 7) is 10.7. The van der Waals surface area contributed by atoms with Gasteiger partial charge in [-0.3, -0.25) is 47.9 Å². The number of nitrogens with one attached hydrogen (secondary N) is 8. The zero-order valence-corrected chi connectivity index (χ0v) is 39.7. The average molecular weight is 970 g/mol. The second-order valence-electron chi connectivity index (χ2n) is 18.1. The maximum Gasteiger partial charge on any atom is 0.328 e. The molecule has 25 nitrogen and oxygen atoms in total. The standard InChI is InChI=1S/C43H71N9O16/c1-8-22(6)33(50-36(60)25(13-14-30(55)56)45-35(59)24-11-9-15-44-24)41(65)47-26(17-20(2)3)37(61)46-27(18-31(57)58)38(62)49-32(21(4)5)42(66)52-16-10-12-29(52)40(64)48-28(19-53)39(63)51-34(23(7)54)43(67)68/h20-29,32-34,44,53-54H,8-19H2,1-7H3,(H,45,59)(H,46,61)(H,47,65)(H,48,64)(H,49,62)(H,50,60)(H,51,63)(H,55,56)(H,57,58)(H,67,68)/t22-,23+,24-,25-,26-,27-,28-,29-,32-,33-,34-/m0/s1. The van der Waals surface area contributed by atoms with Crippen molar-refractivity contribution >= 4 is 65.2 Å². The Balaban J connectivity index is 2.30. The molecular weight excluding hydrogens is 899 g/mol. The molecule has 0 aromatic carbocycles. The van der Waals surface area contributed by atoms with Crippen LogP contribution >= 0.6 is 0 Å². The number of rotatable bonds is 28. The summed E-state index contributed by atoms with van der Waals surface area (Å²) in [6.07, 6.45) is -1.34. The summed E-state index contributed by atoms with van der Waals surface area (Å²) in [5.41, 5.74) is 0. The fourth-order valence-corrected chi connectivity index (χ4v) is 7.65. The van der Waals surface area contributed by atoms with Crippen molar-refractivity contribution in [2.75, 3.05) is 19.7 Å². The number of amides is 8. The van der Waals surface area contributed by atoms with E-state index in [-0.39, 0.29) is 31.7 Å². The molecule has 0 radical (unpaired) electrons. The summed E-state index contributed by atoms with van der Waals surface area (Å²) in [5.74, 6) is -12.9. The maximum absolute atomic E-state index is 14.1. The highest BCUT2D eigenvalue weighted by Gasteiger charge is 2.42. The molecule has 384 valence electrons. The first-order valence-electron chi connectivity index (χ1n) is 22.9. The van der Waals surface area contributed by atoms with Gasteiger partial charge >= 0.3 is 17.9 Å². The van der Waals surface area contributed by atoms with Gasteiger partial charge in [0.15, 0.2) is 6.04 Å². The highest BCUT2D eigenvalue weighted by Crippen LogP contribution is 2.21. The van der Waals surface area contributed by atoms with Crippen LogP contribution in [0.25, 0.3) is 0 Å². The minimum Gasteiger partial charge on any atom is -0.481 e. The molecule has 0 aliphatic carbocycles. The predicted molar refractivity (Wildman–Crippen MR) is 239 cm³/mol. The van der Waals surface area contributed by atoms with Gasteiger partial charge in [-0.2, -0.15) is 0 Å². The van der Waals surface area contributed by atoms with Crippen LogP contribution < -0.4 is 42.5 Å². The molecule has 0 spiro atoms. The van der Waals surface area contributed by atoms with Crippen molar-refractivity contribution < 1.29 is 78.3 Å². The molecule has 2 heterocycles. The van der Waals surface area contributed by atoms with Crippen molar-refractivity contribution in [1.82, 2.24) is 47.4 Å². The molecule has 0 bridgehead atoms. The summed E-state index contributed by atoms with van der Waals surface area (Å²) in [4.78, 5) is 145. The van der Waals surface area contributed by atoms with Gasteiger partial charge in [0.25, 0.3) is 0 Å². The summed E-state index contributed by atoms with van der Waals surface area (Å²) in [5, 5.41) is 68.0. The number of carbonyl (C=O) groups is 11. The first-order chi connectivity index (χ1) is 31.8. The number of carbonyl (C=O) groups excluding carboxylic acids is 8. The minimum absolute atomic E-state index is 0.00859. The molecule has 2 aliphatic rings. The quantitative estimate of drug-likeness (QED) is 0.0365. The van der Waals surface area contributed by atoms with Crippen LogP contribution in [0, 0.1) is 17.8 Å². The Hall–Kier alpha value is -5.95. The van der Waals surface area contributed by atoms with Crippen LogP contribution in [0.2, 0.25) is 0 Å². The molecule has 25 heteroatoms. The van der Waals surface area contributed by atoms with Crippen molar-refractivity contribution in [3.05, 3.63) is 0 Å². The molecule has 2 saturated heterocycles. The van der Waals surface area contributed by atoms with E-state index in [1.54, 1.807) is 41.5 Å². The van der Waals surface area contributed by atoms with Crippen molar-refractivity contribution in [2.24, 2.45) is 17.8 Å². The van der Waals surface area contributed by atoms with E-state index < -0.39 is 157 Å². The number of likely N-dealkylation sites (tertiary alicyclic amines) is 1. The molecule has 2 fully saturated rings. The van der Waals surface area contributed by atoms with Gasteiger partial charge in [0.1, 0.15) is 42.3 Å². The van der Waals surface area contributed by atoms with E-state index in [1.165, 1.54) is 0 Å². The molecule has 68 heavy (non-hydrogen) atoms. The maximum atomic E-state index is 14.1. The first-order valence-corrected chi connectivity index (χ1v) is 22.9. The fourth-order valence-electron chi connectivity index (χ4n) is 7.65. The number of carboxylic acids is 3. The third-order valence-electron chi connectivity index (χ3n) is 11.7. The Morgan fingerprint density at radius 2 is 1.19 bits per heavy atom. The van der Waals surface area contributed by atoms with E-state index in [2.05, 4.69) is 37.2 Å². The summed E-state index contributed by atoms with van der Waals surface area (Å²) >= 11 is 0. The van der Waals surface area contributed by atoms with Crippen molar-refractivity contribution in [1.29, 1.82) is 0 Å². The molecule has 11 atom stereocenters. The number of aliphatic hydroxyl groups excluding tert-OH is 2. The van der Waals surface area contributed by atoms with Crippen molar-refractivity contribution in [3.63, 3.8) is 0 Å². The first kappa shape index (κ1) is 58.2. The normalized spacial score (nSPS) is 19.7. The lowest BCUT2D eigenvalue weighted by Crippen LogP contribution is -2.62. The smallest absolute Gasteiger partial charge is 0.328 e. The Labute approximate surface area is 394 Å². The van der Waals surface area contributed by atoms with Crippen LogP contribution in [-0.2, 0) is 52.7 Å². The van der Waals surface area contributed by atoms with Gasteiger partial charge in [-0.1, -0.05) is 48.0 Å². The molecule has 13 N–H and O–H groups in total. The molecule has 0 unspecified atom stereocenters. The third-order valence-corrected chi connectivity index (χ3v) is 11.7. The highest BCUT2D eigenvalue weighted by molar-refractivity contribution is 5.99. The van der Waals surface area contributed by atoms with Crippen LogP contribution in [0.1, 0.15) is 106 Å². The number of aliphatic carboxylic acids is 3. The van der Waals surface area contributed by atoms with E-state index in [0.717, 1.165) is 18.2 Å². The van der Waals surface area contributed by atoms with Crippen LogP contribution in [0.15, 0.2) is 0 Å². The molecular formula is C43H71N9O16. The second kappa shape index (κ2) is 27.8. The monoisotopic (exact) mass is 970 g/mol. The van der Waals surface area contributed by atoms with Crippen LogP contribution in [0.3, 0.4) is 0 Å². The predicted octanol–water partition coefficient (Wildman–Crippen LogP) is -3.33. The largest absolute Gasteiger partial charge is 0.481 e. The molecule has 0 aromatic rings. The van der Waals surface area contributed by atoms with Crippen LogP contribution in [0.5, 0.6) is 0 Å². The molecule has 8 amide bonds. The highest BCUT2D eigenvalue weighted by atomic mass is 16.4. The Kier molecular flexibility index (Phi) is 23.8. The molecule has 0 aromatic heterocycles. The van der Waals surface area contributed by atoms with Crippen LogP contribution in [-0.4, -0.2) is 176 Å². The minimum atomic E-state index is -1.81. The lowest BCUT2D eigenvalue weighted by molar-refractivity contribution is -0.146. The van der Waals surface area contributed by atoms with Gasteiger partial charge in [0.05, 0.1) is 25.2 Å². The van der Waals surface area contributed by atoms with E-state index in [4.69, 9.17) is 0 Å². The fraction of sp³-hybridized carbons (Fsp3) is 0.744. The number of aliphatic hydroxyl groups is 2. The second-order valence-corrected chi connectivity index (χ2v) is 18.1. The van der Waals surface area contributed by atoms with E-state index in [0.29, 0.717) is 25.8 Å². The molecule has 2 aliphatic heterocycles. The number of carboxylic acid groups (broad SMARTS) is 3. The van der Waals surface area contributed by atoms with Crippen molar-refractivity contribution in [2.45, 2.75) is 167 Å². The lowest BCUT2D eigenvalue weighted by atomic mass is 9.96. The SMILES string of the molecule is CC[C@H](C)[C@H](NC(=O)[C@H](CCC(=O)O)NC(=O)[C@@H]1CCCN1)C(=O)N[C@@H](CC(C)C)C(=O)N[C@@H](CC(=O)O)C(=O)N[C@H](C(=O)N1CCC[C@H]1C(=O)N[C@@H](CO)C(=O)N[C@H](C(=O)O)[C@@H](C)O)C(C)C. The van der Waals surface area contributed by atoms with E-state index >= 15 is 0 Å². The summed E-state index contributed by atoms with van der Waals surface area (Å²) in [6, 6.07) is -12.5. The van der Waals surface area contributed by atoms with Gasteiger partial charge in [0.2, 0.25) is 47.3 Å². The zero-order valence-electron chi connectivity index (χ0n) is 39.7. The Morgan fingerprint density at radius 1 is 0.632 bits per heavy atom. The zero-order chi connectivity index (χ0) is 51.6. The topological polar surface area (TPSA) is 388 Å². The van der Waals surface area contributed by atoms with Gasteiger partial charge in [-0.15, -0.1) is 0 Å². The van der Waals surface area contributed by atoms with Crippen LogP contribution in [0.4, 0.5) is 0 Å². The number of hydrogen-bond acceptors (Lipinski definition) is 14. The van der Waals surface area contributed by atoms with Gasteiger partial charge in [-0.05, 0) is 69.7 Å². The lowest BCUT2D eigenvalue weighted by Gasteiger charge is -2.32. The van der Waals surface area contributed by atoms with E-state index in [9.17, 15) is 78.3 Å². The summed E-state index contributed by atoms with van der Waals surface area (Å²) < 4.78 is 0.